The molecule has 0 spiro atoms. The van der Waals surface area contributed by atoms with Gasteiger partial charge in [-0.3, -0.25) is 9.59 Å². The van der Waals surface area contributed by atoms with Crippen molar-refractivity contribution in [3.8, 4) is 0 Å². The fourth-order valence-electron chi connectivity index (χ4n) is 5.09. The number of anilines is 4. The summed E-state index contributed by atoms with van der Waals surface area (Å²) >= 11 is 0. The van der Waals surface area contributed by atoms with E-state index in [0.29, 0.717) is 27.8 Å². The Bertz CT molecular complexity index is 1720. The number of ether oxygens (including phenoxy) is 1. The predicted molar refractivity (Wildman–Crippen MR) is 156 cm³/mol. The van der Waals surface area contributed by atoms with Crippen molar-refractivity contribution in [1.82, 2.24) is 0 Å². The molecule has 194 valence electrons. The first-order chi connectivity index (χ1) is 19.6. The molecule has 0 atom stereocenters. The van der Waals surface area contributed by atoms with Gasteiger partial charge in [0.25, 0.3) is 11.8 Å². The summed E-state index contributed by atoms with van der Waals surface area (Å²) in [7, 11) is 0. The molecule has 0 bridgehead atoms. The van der Waals surface area contributed by atoms with Crippen molar-refractivity contribution in [2.24, 2.45) is 0 Å². The Balaban J connectivity index is 1.46. The van der Waals surface area contributed by atoms with Crippen LogP contribution in [0.25, 0.3) is 10.8 Å². The number of rotatable bonds is 7. The number of nitrogens with zero attached hydrogens (tertiary/aromatic N) is 2. The van der Waals surface area contributed by atoms with Gasteiger partial charge in [0, 0.05) is 39.4 Å². The fourth-order valence-corrected chi connectivity index (χ4v) is 5.09. The van der Waals surface area contributed by atoms with Crippen molar-refractivity contribution in [3.63, 3.8) is 0 Å². The summed E-state index contributed by atoms with van der Waals surface area (Å²) in [5.74, 6) is -1.37. The smallest absolute Gasteiger partial charge is 0.330 e. The number of carbonyl (C=O) groups excluding carboxylic acids is 3. The molecule has 5 aromatic carbocycles. The lowest BCUT2D eigenvalue weighted by Gasteiger charge is -2.31. The van der Waals surface area contributed by atoms with Gasteiger partial charge in [-0.05, 0) is 60.2 Å². The van der Waals surface area contributed by atoms with E-state index in [2.05, 4.69) is 11.5 Å². The molecule has 0 saturated carbocycles. The van der Waals surface area contributed by atoms with Crippen LogP contribution in [0.1, 0.15) is 26.3 Å². The van der Waals surface area contributed by atoms with Crippen LogP contribution in [0, 0.1) is 0 Å². The van der Waals surface area contributed by atoms with E-state index in [1.165, 1.54) is 4.90 Å². The molecule has 2 amide bonds. The van der Waals surface area contributed by atoms with Gasteiger partial charge in [-0.2, -0.15) is 0 Å². The number of esters is 1. The van der Waals surface area contributed by atoms with E-state index in [1.54, 1.807) is 36.4 Å². The van der Waals surface area contributed by atoms with Gasteiger partial charge in [-0.15, -0.1) is 0 Å². The van der Waals surface area contributed by atoms with Gasteiger partial charge in [0.05, 0.1) is 11.4 Å². The first-order valence-corrected chi connectivity index (χ1v) is 12.8. The second kappa shape index (κ2) is 10.3. The maximum Gasteiger partial charge on any atom is 0.330 e. The van der Waals surface area contributed by atoms with Gasteiger partial charge in [0.15, 0.2) is 0 Å². The van der Waals surface area contributed by atoms with Crippen LogP contribution in [0.4, 0.5) is 22.7 Å². The van der Waals surface area contributed by atoms with Crippen molar-refractivity contribution < 1.29 is 19.1 Å². The lowest BCUT2D eigenvalue weighted by atomic mass is 9.92. The molecule has 0 N–H and O–H groups in total. The summed E-state index contributed by atoms with van der Waals surface area (Å²) in [6, 6.07) is 36.1. The average Bonchev–Trinajstić information content (AvgIpc) is 3.00. The molecule has 1 aliphatic heterocycles. The van der Waals surface area contributed by atoms with Crippen LogP contribution in [-0.4, -0.2) is 17.8 Å². The quantitative estimate of drug-likeness (QED) is 0.127. The zero-order chi connectivity index (χ0) is 27.6. The Labute approximate surface area is 231 Å². The Morgan fingerprint density at radius 2 is 1.38 bits per heavy atom. The molecule has 0 unspecified atom stereocenters. The third-order valence-corrected chi connectivity index (χ3v) is 6.87. The average molecular weight is 525 g/mol. The molecule has 0 radical (unpaired) electrons. The highest BCUT2D eigenvalue weighted by molar-refractivity contribution is 6.36. The van der Waals surface area contributed by atoms with Crippen LogP contribution in [0.5, 0.6) is 0 Å². The van der Waals surface area contributed by atoms with Gasteiger partial charge in [-0.1, -0.05) is 67.2 Å². The van der Waals surface area contributed by atoms with Gasteiger partial charge in [-0.25, -0.2) is 9.69 Å². The van der Waals surface area contributed by atoms with E-state index >= 15 is 0 Å². The summed E-state index contributed by atoms with van der Waals surface area (Å²) in [5.41, 5.74) is 4.71. The predicted octanol–water partition coefficient (Wildman–Crippen LogP) is 7.34. The highest BCUT2D eigenvalue weighted by Crippen LogP contribution is 2.42. The number of carbonyl (C=O) groups is 3. The molecule has 6 rings (SSSR count). The maximum absolute atomic E-state index is 13.9. The van der Waals surface area contributed by atoms with Gasteiger partial charge in [0.1, 0.15) is 6.61 Å². The third-order valence-electron chi connectivity index (χ3n) is 6.87. The second-order valence-electron chi connectivity index (χ2n) is 9.29. The van der Waals surface area contributed by atoms with Gasteiger partial charge in [0.2, 0.25) is 0 Å². The molecule has 6 heteroatoms. The molecule has 40 heavy (non-hydrogen) atoms. The van der Waals surface area contributed by atoms with Crippen LogP contribution < -0.4 is 9.80 Å². The van der Waals surface area contributed by atoms with E-state index in [-0.39, 0.29) is 6.61 Å². The van der Waals surface area contributed by atoms with Crippen LogP contribution in [0.15, 0.2) is 128 Å². The lowest BCUT2D eigenvalue weighted by molar-refractivity contribution is -0.138. The summed E-state index contributed by atoms with van der Waals surface area (Å²) in [6.45, 7) is 3.40. The number of para-hydroxylation sites is 2. The SMILES string of the molecule is C=CC(=O)OCc1cccc(N2C(=O)c3cccc4c(N(c5ccccc5)c5ccccc5)ccc(c34)C2=O)c1. The van der Waals surface area contributed by atoms with E-state index in [9.17, 15) is 14.4 Å². The minimum atomic E-state index is -0.549. The standard InChI is InChI=1S/C34H24N2O4/c1-2-31(37)40-22-23-11-9-16-26(21-23)36-33(38)28-18-10-17-27-30(20-19-29(32(27)28)34(36)39)35(24-12-5-3-6-13-24)25-14-7-4-8-15-25/h2-21H,1,22H2. The molecular formula is C34H24N2O4. The molecular weight excluding hydrogens is 500 g/mol. The molecule has 6 nitrogen and oxygen atoms in total. The van der Waals surface area contributed by atoms with Crippen LogP contribution in [0.3, 0.4) is 0 Å². The summed E-state index contributed by atoms with van der Waals surface area (Å²) < 4.78 is 5.13. The molecule has 5 aromatic rings. The van der Waals surface area contributed by atoms with Crippen LogP contribution >= 0.6 is 0 Å². The number of hydrogen-bond donors (Lipinski definition) is 0. The zero-order valence-corrected chi connectivity index (χ0v) is 21.5. The minimum Gasteiger partial charge on any atom is -0.458 e. The summed E-state index contributed by atoms with van der Waals surface area (Å²) in [4.78, 5) is 42.5. The van der Waals surface area contributed by atoms with Crippen molar-refractivity contribution in [2.75, 3.05) is 9.80 Å². The molecule has 1 heterocycles. The van der Waals surface area contributed by atoms with Crippen molar-refractivity contribution >= 4 is 51.3 Å². The number of imide groups is 1. The Kier molecular flexibility index (Phi) is 6.42. The Morgan fingerprint density at radius 3 is 2.02 bits per heavy atom. The fraction of sp³-hybridized carbons (Fsp3) is 0.0294. The number of hydrogen-bond acceptors (Lipinski definition) is 5. The second-order valence-corrected chi connectivity index (χ2v) is 9.29. The molecule has 0 fully saturated rings. The van der Waals surface area contributed by atoms with Gasteiger partial charge < -0.3 is 9.64 Å². The first kappa shape index (κ1) is 24.8. The number of amides is 2. The largest absolute Gasteiger partial charge is 0.458 e. The van der Waals surface area contributed by atoms with E-state index < -0.39 is 17.8 Å². The summed E-state index contributed by atoms with van der Waals surface area (Å²) in [5, 5.41) is 1.42. The van der Waals surface area contributed by atoms with Crippen LogP contribution in [0.2, 0.25) is 0 Å². The maximum atomic E-state index is 13.9. The topological polar surface area (TPSA) is 66.9 Å². The molecule has 0 aromatic heterocycles. The minimum absolute atomic E-state index is 0.000744. The monoisotopic (exact) mass is 524 g/mol. The highest BCUT2D eigenvalue weighted by atomic mass is 16.5. The van der Waals surface area contributed by atoms with E-state index in [0.717, 1.165) is 28.5 Å². The van der Waals surface area contributed by atoms with Crippen molar-refractivity contribution in [2.45, 2.75) is 6.61 Å². The zero-order valence-electron chi connectivity index (χ0n) is 21.5. The van der Waals surface area contributed by atoms with E-state index in [1.807, 2.05) is 78.9 Å². The van der Waals surface area contributed by atoms with Crippen molar-refractivity contribution in [3.05, 3.63) is 145 Å². The highest BCUT2D eigenvalue weighted by Gasteiger charge is 2.35. The summed E-state index contributed by atoms with van der Waals surface area (Å²) in [6.07, 6.45) is 1.09. The normalized spacial score (nSPS) is 12.3. The Morgan fingerprint density at radius 1 is 0.750 bits per heavy atom. The third kappa shape index (κ3) is 4.31. The molecule has 0 saturated heterocycles. The van der Waals surface area contributed by atoms with Gasteiger partial charge >= 0.3 is 5.97 Å². The van der Waals surface area contributed by atoms with Crippen LogP contribution in [-0.2, 0) is 16.1 Å². The lowest BCUT2D eigenvalue weighted by Crippen LogP contribution is -2.40. The first-order valence-electron chi connectivity index (χ1n) is 12.8. The molecule has 1 aliphatic rings. The number of benzene rings is 5. The molecule has 0 aliphatic carbocycles. The Hall–Kier alpha value is -5.49. The van der Waals surface area contributed by atoms with Crippen molar-refractivity contribution in [1.29, 1.82) is 0 Å². The van der Waals surface area contributed by atoms with E-state index in [4.69, 9.17) is 4.74 Å².